The summed E-state index contributed by atoms with van der Waals surface area (Å²) in [6.45, 7) is 14.5. The molecular formula is C27H48OS. The lowest BCUT2D eigenvalue weighted by Crippen LogP contribution is -2.41. The highest BCUT2D eigenvalue weighted by atomic mass is 32.2. The molecule has 0 aliphatic rings. The Hall–Kier alpha value is -0.470. The normalized spacial score (nSPS) is 18.0. The molecule has 1 aromatic carbocycles. The van der Waals surface area contributed by atoms with E-state index in [4.69, 9.17) is 4.74 Å². The van der Waals surface area contributed by atoms with Crippen LogP contribution in [-0.4, -0.2) is 19.0 Å². The van der Waals surface area contributed by atoms with Crippen molar-refractivity contribution in [2.24, 2.45) is 23.2 Å². The van der Waals surface area contributed by atoms with Gasteiger partial charge >= 0.3 is 0 Å². The summed E-state index contributed by atoms with van der Waals surface area (Å²) in [6, 6.07) is 10.8. The van der Waals surface area contributed by atoms with E-state index in [9.17, 15) is 0 Å². The topological polar surface area (TPSA) is 9.23 Å². The molecule has 0 amide bonds. The molecule has 0 aliphatic heterocycles. The van der Waals surface area contributed by atoms with Gasteiger partial charge in [-0.1, -0.05) is 91.3 Å². The summed E-state index contributed by atoms with van der Waals surface area (Å²) in [5.41, 5.74) is 0.351. The van der Waals surface area contributed by atoms with Crippen LogP contribution in [0.3, 0.4) is 0 Å². The first kappa shape index (κ1) is 26.6. The fourth-order valence-electron chi connectivity index (χ4n) is 4.94. The van der Waals surface area contributed by atoms with Gasteiger partial charge in [0.1, 0.15) is 0 Å². The predicted molar refractivity (Wildman–Crippen MR) is 132 cm³/mol. The van der Waals surface area contributed by atoms with Crippen molar-refractivity contribution in [3.63, 3.8) is 0 Å². The highest BCUT2D eigenvalue weighted by Crippen LogP contribution is 2.47. The van der Waals surface area contributed by atoms with Gasteiger partial charge in [0, 0.05) is 12.0 Å². The SMILES string of the molecule is CCCC[C@@](C)(C(C)C(C)OC)C(C)[C@@H](CCC)CCCCSc1ccccc1. The molecule has 0 spiro atoms. The number of rotatable bonds is 16. The highest BCUT2D eigenvalue weighted by molar-refractivity contribution is 7.99. The molecule has 0 fully saturated rings. The maximum Gasteiger partial charge on any atom is 0.0574 e. The zero-order chi connectivity index (χ0) is 21.7. The van der Waals surface area contributed by atoms with Crippen LogP contribution in [0.15, 0.2) is 35.2 Å². The van der Waals surface area contributed by atoms with E-state index in [1.165, 1.54) is 62.0 Å². The molecule has 3 unspecified atom stereocenters. The van der Waals surface area contributed by atoms with E-state index in [0.29, 0.717) is 17.4 Å². The number of hydrogen-bond donors (Lipinski definition) is 0. The first-order valence-electron chi connectivity index (χ1n) is 12.1. The second-order valence-corrected chi connectivity index (χ2v) is 10.5. The predicted octanol–water partition coefficient (Wildman–Crippen LogP) is 8.87. The molecule has 1 aromatic rings. The Labute approximate surface area is 186 Å². The molecule has 0 aromatic heterocycles. The third-order valence-corrected chi connectivity index (χ3v) is 8.67. The van der Waals surface area contributed by atoms with Crippen molar-refractivity contribution >= 4 is 11.8 Å². The van der Waals surface area contributed by atoms with Gasteiger partial charge < -0.3 is 4.74 Å². The second kappa shape index (κ2) is 14.5. The summed E-state index contributed by atoms with van der Waals surface area (Å²) in [4.78, 5) is 1.40. The number of benzene rings is 1. The minimum absolute atomic E-state index is 0.323. The standard InChI is InChI=1S/C27H48OS/c1-8-10-20-27(6,22(3)24(5)28-7)23(4)25(16-9-2)17-14-15-21-29-26-18-12-11-13-19-26/h11-13,18-19,22-25H,8-10,14-17,20-21H2,1-7H3/t22?,23?,24?,25-,27-/m0/s1. The van der Waals surface area contributed by atoms with Gasteiger partial charge in [-0.05, 0) is 60.8 Å². The molecule has 0 N–H and O–H groups in total. The molecule has 0 radical (unpaired) electrons. The summed E-state index contributed by atoms with van der Waals surface area (Å²) in [6.07, 6.45) is 11.0. The van der Waals surface area contributed by atoms with Crippen LogP contribution in [0.2, 0.25) is 0 Å². The van der Waals surface area contributed by atoms with E-state index < -0.39 is 0 Å². The van der Waals surface area contributed by atoms with Gasteiger partial charge in [0.2, 0.25) is 0 Å². The fraction of sp³-hybridized carbons (Fsp3) is 0.778. The van der Waals surface area contributed by atoms with Crippen molar-refractivity contribution < 1.29 is 4.74 Å². The molecule has 29 heavy (non-hydrogen) atoms. The average molecular weight is 421 g/mol. The van der Waals surface area contributed by atoms with E-state index in [2.05, 4.69) is 71.9 Å². The van der Waals surface area contributed by atoms with Gasteiger partial charge in [-0.2, -0.15) is 0 Å². The number of thioether (sulfide) groups is 1. The summed E-state index contributed by atoms with van der Waals surface area (Å²) >= 11 is 2.01. The monoisotopic (exact) mass is 420 g/mol. The van der Waals surface area contributed by atoms with Gasteiger partial charge in [-0.3, -0.25) is 0 Å². The first-order chi connectivity index (χ1) is 13.9. The largest absolute Gasteiger partial charge is 0.381 e. The summed E-state index contributed by atoms with van der Waals surface area (Å²) in [5.74, 6) is 3.39. The van der Waals surface area contributed by atoms with Crippen molar-refractivity contribution in [3.8, 4) is 0 Å². The lowest BCUT2D eigenvalue weighted by Gasteiger charge is -2.47. The lowest BCUT2D eigenvalue weighted by atomic mass is 9.60. The molecule has 1 nitrogen and oxygen atoms in total. The minimum atomic E-state index is 0.323. The van der Waals surface area contributed by atoms with E-state index in [1.54, 1.807) is 0 Å². The Balaban J connectivity index is 2.68. The van der Waals surface area contributed by atoms with Gasteiger partial charge in [-0.25, -0.2) is 0 Å². The second-order valence-electron chi connectivity index (χ2n) is 9.33. The molecule has 168 valence electrons. The average Bonchev–Trinajstić information content (AvgIpc) is 2.75. The van der Waals surface area contributed by atoms with Gasteiger partial charge in [0.05, 0.1) is 6.10 Å². The van der Waals surface area contributed by atoms with Crippen LogP contribution in [0.25, 0.3) is 0 Å². The summed E-state index contributed by atoms with van der Waals surface area (Å²) in [7, 11) is 1.88. The molecule has 1 rings (SSSR count). The van der Waals surface area contributed by atoms with Crippen molar-refractivity contribution in [1.29, 1.82) is 0 Å². The van der Waals surface area contributed by atoms with Crippen LogP contribution in [0.4, 0.5) is 0 Å². The maximum atomic E-state index is 5.78. The van der Waals surface area contributed by atoms with E-state index in [-0.39, 0.29) is 0 Å². The van der Waals surface area contributed by atoms with Crippen LogP contribution in [-0.2, 0) is 4.74 Å². The number of hydrogen-bond acceptors (Lipinski definition) is 2. The number of ether oxygens (including phenoxy) is 1. The van der Waals surface area contributed by atoms with Crippen molar-refractivity contribution in [1.82, 2.24) is 0 Å². The van der Waals surface area contributed by atoms with Gasteiger partial charge in [-0.15, -0.1) is 11.8 Å². The molecule has 5 atom stereocenters. The van der Waals surface area contributed by atoms with E-state index in [1.807, 2.05) is 18.9 Å². The third-order valence-electron chi connectivity index (χ3n) is 7.57. The first-order valence-corrected chi connectivity index (χ1v) is 13.1. The Morgan fingerprint density at radius 2 is 1.59 bits per heavy atom. The summed E-state index contributed by atoms with van der Waals surface area (Å²) < 4.78 is 5.78. The van der Waals surface area contributed by atoms with Crippen molar-refractivity contribution in [2.45, 2.75) is 104 Å². The zero-order valence-corrected chi connectivity index (χ0v) is 21.2. The maximum absolute atomic E-state index is 5.78. The highest BCUT2D eigenvalue weighted by Gasteiger charge is 2.41. The Kier molecular flexibility index (Phi) is 13.3. The molecule has 0 aliphatic carbocycles. The van der Waals surface area contributed by atoms with E-state index >= 15 is 0 Å². The van der Waals surface area contributed by atoms with Crippen LogP contribution < -0.4 is 0 Å². The van der Waals surface area contributed by atoms with Gasteiger partial charge in [0.25, 0.3) is 0 Å². The molecule has 0 saturated carbocycles. The van der Waals surface area contributed by atoms with Gasteiger partial charge in [0.15, 0.2) is 0 Å². The zero-order valence-electron chi connectivity index (χ0n) is 20.4. The molecular weight excluding hydrogens is 372 g/mol. The van der Waals surface area contributed by atoms with E-state index in [0.717, 1.165) is 11.8 Å². The minimum Gasteiger partial charge on any atom is -0.381 e. The van der Waals surface area contributed by atoms with Crippen LogP contribution >= 0.6 is 11.8 Å². The Bertz CT molecular complexity index is 517. The lowest BCUT2D eigenvalue weighted by molar-refractivity contribution is -0.0353. The summed E-state index contributed by atoms with van der Waals surface area (Å²) in [5, 5.41) is 0. The van der Waals surface area contributed by atoms with Crippen molar-refractivity contribution in [2.75, 3.05) is 12.9 Å². The molecule has 0 heterocycles. The number of methoxy groups -OCH3 is 1. The third kappa shape index (κ3) is 8.66. The Morgan fingerprint density at radius 1 is 0.897 bits per heavy atom. The number of unbranched alkanes of at least 4 members (excludes halogenated alkanes) is 2. The fourth-order valence-corrected chi connectivity index (χ4v) is 5.87. The smallest absolute Gasteiger partial charge is 0.0574 e. The Morgan fingerprint density at radius 3 is 2.17 bits per heavy atom. The van der Waals surface area contributed by atoms with Crippen LogP contribution in [0.5, 0.6) is 0 Å². The molecule has 0 saturated heterocycles. The molecule has 0 bridgehead atoms. The van der Waals surface area contributed by atoms with Crippen LogP contribution in [0.1, 0.15) is 92.9 Å². The van der Waals surface area contributed by atoms with Crippen molar-refractivity contribution in [3.05, 3.63) is 30.3 Å². The molecule has 2 heteroatoms. The quantitative estimate of drug-likeness (QED) is 0.195. The van der Waals surface area contributed by atoms with Crippen LogP contribution in [0, 0.1) is 23.2 Å².